The number of carbonyl (C=O) groups excluding carboxylic acids is 2. The number of hydrogen-bond acceptors (Lipinski definition) is 7. The summed E-state index contributed by atoms with van der Waals surface area (Å²) in [7, 11) is 0. The molecule has 2 fully saturated rings. The summed E-state index contributed by atoms with van der Waals surface area (Å²) in [6, 6.07) is 4.60. The number of anilines is 1. The maximum Gasteiger partial charge on any atom is 0.433 e. The topological polar surface area (TPSA) is 87.2 Å². The van der Waals surface area contributed by atoms with E-state index in [9.17, 15) is 22.8 Å². The number of carbonyl (C=O) groups is 2. The molecule has 37 heavy (non-hydrogen) atoms. The number of halogens is 3. The molecule has 2 amide bonds. The van der Waals surface area contributed by atoms with Crippen LogP contribution in [0.2, 0.25) is 0 Å². The first kappa shape index (κ1) is 25.6. The summed E-state index contributed by atoms with van der Waals surface area (Å²) in [6.07, 6.45) is -2.20. The fraction of sp³-hybridized carbons (Fsp3) is 0.462. The van der Waals surface area contributed by atoms with Crippen LogP contribution in [0.15, 0.2) is 24.4 Å². The third-order valence-electron chi connectivity index (χ3n) is 7.46. The van der Waals surface area contributed by atoms with Crippen molar-refractivity contribution >= 4 is 39.1 Å². The van der Waals surface area contributed by atoms with Gasteiger partial charge in [-0.15, -0.1) is 11.3 Å². The lowest BCUT2D eigenvalue weighted by Gasteiger charge is -2.20. The lowest BCUT2D eigenvalue weighted by atomic mass is 9.82. The van der Waals surface area contributed by atoms with Crippen LogP contribution < -0.4 is 10.6 Å². The van der Waals surface area contributed by atoms with E-state index in [0.29, 0.717) is 33.6 Å². The van der Waals surface area contributed by atoms with E-state index in [1.165, 1.54) is 16.2 Å². The zero-order valence-electron chi connectivity index (χ0n) is 21.0. The third-order valence-corrected chi connectivity index (χ3v) is 8.61. The van der Waals surface area contributed by atoms with Gasteiger partial charge in [-0.25, -0.2) is 4.98 Å². The average Bonchev–Trinajstić information content (AvgIpc) is 3.53. The van der Waals surface area contributed by atoms with Gasteiger partial charge in [0.05, 0.1) is 33.6 Å². The number of hydrogen-bond donors (Lipinski definition) is 2. The molecule has 2 atom stereocenters. The number of pyridine rings is 2. The second-order valence-electron chi connectivity index (χ2n) is 10.3. The average molecular weight is 532 g/mol. The Balaban J connectivity index is 1.59. The maximum absolute atomic E-state index is 13.7. The van der Waals surface area contributed by atoms with Gasteiger partial charge >= 0.3 is 6.18 Å². The molecule has 0 aromatic carbocycles. The fourth-order valence-electron chi connectivity index (χ4n) is 4.91. The number of nitrogens with one attached hydrogen (secondary N) is 2. The van der Waals surface area contributed by atoms with Crippen molar-refractivity contribution in [2.24, 2.45) is 11.3 Å². The monoisotopic (exact) mass is 531 g/mol. The molecule has 3 aromatic heterocycles. The van der Waals surface area contributed by atoms with Gasteiger partial charge in [0.1, 0.15) is 5.69 Å². The molecule has 7 nitrogen and oxygen atoms in total. The molecule has 0 spiro atoms. The van der Waals surface area contributed by atoms with Crippen LogP contribution in [0.5, 0.6) is 0 Å². The Morgan fingerprint density at radius 1 is 1.27 bits per heavy atom. The van der Waals surface area contributed by atoms with Gasteiger partial charge in [0.2, 0.25) is 11.8 Å². The van der Waals surface area contributed by atoms with Gasteiger partial charge in [-0.05, 0) is 43.7 Å². The van der Waals surface area contributed by atoms with Crippen molar-refractivity contribution in [2.75, 3.05) is 18.4 Å². The molecule has 5 rings (SSSR count). The number of imide groups is 1. The van der Waals surface area contributed by atoms with Crippen molar-refractivity contribution in [3.8, 4) is 11.3 Å². The highest BCUT2D eigenvalue weighted by Gasteiger charge is 2.51. The van der Waals surface area contributed by atoms with Gasteiger partial charge in [0.15, 0.2) is 0 Å². The highest BCUT2D eigenvalue weighted by molar-refractivity contribution is 7.19. The van der Waals surface area contributed by atoms with Gasteiger partial charge in [-0.1, -0.05) is 20.8 Å². The van der Waals surface area contributed by atoms with E-state index < -0.39 is 23.2 Å². The van der Waals surface area contributed by atoms with E-state index >= 15 is 0 Å². The summed E-state index contributed by atoms with van der Waals surface area (Å²) in [5.74, 6) is -0.894. The lowest BCUT2D eigenvalue weighted by Crippen LogP contribution is -2.32. The van der Waals surface area contributed by atoms with Crippen molar-refractivity contribution in [3.05, 3.63) is 40.5 Å². The normalized spacial score (nSPS) is 21.9. The van der Waals surface area contributed by atoms with Crippen molar-refractivity contribution < 1.29 is 22.8 Å². The Morgan fingerprint density at radius 2 is 2.03 bits per heavy atom. The minimum absolute atomic E-state index is 0.0738. The minimum Gasteiger partial charge on any atom is -0.379 e. The van der Waals surface area contributed by atoms with Gasteiger partial charge < -0.3 is 10.6 Å². The number of alkyl halides is 3. The first-order chi connectivity index (χ1) is 17.4. The molecule has 2 saturated heterocycles. The summed E-state index contributed by atoms with van der Waals surface area (Å²) < 4.78 is 41.9. The number of nitrogens with zero attached hydrogens (tertiary/aromatic N) is 3. The quantitative estimate of drug-likeness (QED) is 0.451. The highest BCUT2D eigenvalue weighted by atomic mass is 32.1. The molecule has 2 aliphatic rings. The van der Waals surface area contributed by atoms with E-state index in [1.54, 1.807) is 46.0 Å². The molecule has 2 unspecified atom stereocenters. The van der Waals surface area contributed by atoms with Gasteiger partial charge in [0, 0.05) is 35.1 Å². The maximum atomic E-state index is 13.7. The molecule has 2 N–H and O–H groups in total. The molecule has 196 valence electrons. The summed E-state index contributed by atoms with van der Waals surface area (Å²) in [4.78, 5) is 36.2. The fourth-order valence-corrected chi connectivity index (χ4v) is 6.03. The SMILES string of the molecule is Cc1cc(C(F)(F)F)nc(-c2ccnc3cc(CN4C(=O)C(C)C(C)(C)C4=O)sc23)c1NC1CCNC1. The molecule has 2 aliphatic heterocycles. The molecular formula is C26H28F3N5O2S. The van der Waals surface area contributed by atoms with Crippen LogP contribution in [-0.4, -0.2) is 45.8 Å². The van der Waals surface area contributed by atoms with E-state index in [2.05, 4.69) is 20.6 Å². The van der Waals surface area contributed by atoms with E-state index in [1.807, 2.05) is 0 Å². The number of fused-ring (bicyclic) bond motifs is 1. The zero-order valence-corrected chi connectivity index (χ0v) is 21.8. The largest absolute Gasteiger partial charge is 0.433 e. The van der Waals surface area contributed by atoms with E-state index in [0.717, 1.165) is 23.9 Å². The van der Waals surface area contributed by atoms with Gasteiger partial charge in [-0.2, -0.15) is 13.2 Å². The van der Waals surface area contributed by atoms with Crippen LogP contribution in [0.3, 0.4) is 0 Å². The molecule has 0 saturated carbocycles. The lowest BCUT2D eigenvalue weighted by molar-refractivity contribution is -0.142. The molecule has 3 aromatic rings. The molecular weight excluding hydrogens is 503 g/mol. The van der Waals surface area contributed by atoms with Crippen LogP contribution in [-0.2, 0) is 22.3 Å². The number of likely N-dealkylation sites (tertiary alicyclic amines) is 1. The smallest absolute Gasteiger partial charge is 0.379 e. The summed E-state index contributed by atoms with van der Waals surface area (Å²) in [5, 5.41) is 6.66. The Hall–Kier alpha value is -3.05. The van der Waals surface area contributed by atoms with Crippen LogP contribution in [0.1, 0.15) is 43.3 Å². The van der Waals surface area contributed by atoms with E-state index in [4.69, 9.17) is 0 Å². The first-order valence-electron chi connectivity index (χ1n) is 12.2. The van der Waals surface area contributed by atoms with Crippen molar-refractivity contribution in [2.45, 2.75) is 52.9 Å². The highest BCUT2D eigenvalue weighted by Crippen LogP contribution is 2.42. The number of amides is 2. The Kier molecular flexibility index (Phi) is 6.26. The number of aromatic nitrogens is 2. The molecule has 5 heterocycles. The summed E-state index contributed by atoms with van der Waals surface area (Å²) >= 11 is 1.31. The molecule has 11 heteroatoms. The van der Waals surface area contributed by atoms with Crippen LogP contribution in [0.25, 0.3) is 21.5 Å². The minimum atomic E-state index is -4.60. The predicted molar refractivity (Wildman–Crippen MR) is 136 cm³/mol. The van der Waals surface area contributed by atoms with Crippen molar-refractivity contribution in [1.82, 2.24) is 20.2 Å². The standard InChI is InChI=1S/C26H28F3N5O2S/c1-13-9-19(26(27,28)29)33-21(20(13)32-15-5-7-30-11-15)17-6-8-31-18-10-16(37-22(17)18)12-34-23(35)14(2)25(3,4)24(34)36/h6,8-10,14-15,30,32H,5,7,11-12H2,1-4H3. The Bertz CT molecular complexity index is 1390. The van der Waals surface area contributed by atoms with Crippen molar-refractivity contribution in [3.63, 3.8) is 0 Å². The number of aryl methyl sites for hydroxylation is 1. The van der Waals surface area contributed by atoms with Crippen LogP contribution in [0.4, 0.5) is 18.9 Å². The summed E-state index contributed by atoms with van der Waals surface area (Å²) in [5.41, 5.74) is 0.585. The van der Waals surface area contributed by atoms with Gasteiger partial charge in [-0.3, -0.25) is 19.5 Å². The van der Waals surface area contributed by atoms with Crippen LogP contribution in [0, 0.1) is 18.3 Å². The Morgan fingerprint density at radius 3 is 2.65 bits per heavy atom. The van der Waals surface area contributed by atoms with Gasteiger partial charge in [0.25, 0.3) is 0 Å². The zero-order chi connectivity index (χ0) is 26.7. The van der Waals surface area contributed by atoms with Crippen molar-refractivity contribution in [1.29, 1.82) is 0 Å². The number of rotatable bonds is 5. The number of thiophene rings is 1. The first-order valence-corrected chi connectivity index (χ1v) is 13.0. The van der Waals surface area contributed by atoms with Crippen LogP contribution >= 0.6 is 11.3 Å². The second kappa shape index (κ2) is 9.05. The molecule has 0 radical (unpaired) electrons. The summed E-state index contributed by atoms with van der Waals surface area (Å²) in [6.45, 7) is 8.56. The Labute approximate surface area is 216 Å². The second-order valence-corrected chi connectivity index (χ2v) is 11.5. The molecule has 0 aliphatic carbocycles. The molecule has 0 bridgehead atoms. The predicted octanol–water partition coefficient (Wildman–Crippen LogP) is 4.99. The third kappa shape index (κ3) is 4.48. The van der Waals surface area contributed by atoms with E-state index in [-0.39, 0.29) is 30.1 Å².